The molecule has 0 aliphatic rings. The summed E-state index contributed by atoms with van der Waals surface area (Å²) in [6.07, 6.45) is 1.38. The fourth-order valence-corrected chi connectivity index (χ4v) is 1.71. The molecule has 17 heavy (non-hydrogen) atoms. The first-order valence-corrected chi connectivity index (χ1v) is 5.84. The number of amidine groups is 1. The Bertz CT molecular complexity index is 266. The number of hydrogen-bond donors (Lipinski definition) is 3. The zero-order valence-electron chi connectivity index (χ0n) is 11.1. The van der Waals surface area contributed by atoms with Gasteiger partial charge >= 0.3 is 0 Å². The Kier molecular flexibility index (Phi) is 7.29. The van der Waals surface area contributed by atoms with Crippen LogP contribution in [0, 0.1) is 5.92 Å². The van der Waals surface area contributed by atoms with Crippen molar-refractivity contribution in [2.75, 3.05) is 20.6 Å². The third-order valence-corrected chi connectivity index (χ3v) is 2.39. The lowest BCUT2D eigenvalue weighted by atomic mass is 10.0. The van der Waals surface area contributed by atoms with Gasteiger partial charge in [0.15, 0.2) is 5.84 Å². The zero-order chi connectivity index (χ0) is 13.4. The Balaban J connectivity index is 4.42. The second kappa shape index (κ2) is 7.89. The second-order valence-electron chi connectivity index (χ2n) is 4.54. The van der Waals surface area contributed by atoms with E-state index in [-0.39, 0.29) is 17.8 Å². The average Bonchev–Trinajstić information content (AvgIpc) is 2.23. The van der Waals surface area contributed by atoms with E-state index in [1.165, 1.54) is 0 Å². The predicted molar refractivity (Wildman–Crippen MR) is 68.0 cm³/mol. The zero-order valence-corrected chi connectivity index (χ0v) is 11.1. The summed E-state index contributed by atoms with van der Waals surface area (Å²) in [7, 11) is 3.88. The maximum absolute atomic E-state index is 11.9. The Morgan fingerprint density at radius 2 is 2.12 bits per heavy atom. The fraction of sp³-hybridized carbons (Fsp3) is 0.818. The van der Waals surface area contributed by atoms with Gasteiger partial charge in [-0.3, -0.25) is 4.79 Å². The number of hydrogen-bond acceptors (Lipinski definition) is 4. The summed E-state index contributed by atoms with van der Waals surface area (Å²) in [5.74, 6) is -0.757. The molecule has 0 aromatic heterocycles. The normalized spacial score (nSPS) is 15.7. The summed E-state index contributed by atoms with van der Waals surface area (Å²) in [6, 6.07) is 0.0309. The number of amides is 1. The lowest BCUT2D eigenvalue weighted by Crippen LogP contribution is -2.45. The van der Waals surface area contributed by atoms with E-state index in [1.807, 2.05) is 32.8 Å². The number of carbonyl (C=O) groups is 1. The highest BCUT2D eigenvalue weighted by Gasteiger charge is 2.23. The van der Waals surface area contributed by atoms with Crippen LogP contribution in [0.5, 0.6) is 0 Å². The van der Waals surface area contributed by atoms with E-state index < -0.39 is 5.92 Å². The molecule has 6 nitrogen and oxygen atoms in total. The molecule has 0 radical (unpaired) electrons. The minimum absolute atomic E-state index is 0.0265. The van der Waals surface area contributed by atoms with Crippen molar-refractivity contribution >= 4 is 11.7 Å². The molecular formula is C11H24N4O2. The van der Waals surface area contributed by atoms with E-state index in [4.69, 9.17) is 10.9 Å². The van der Waals surface area contributed by atoms with Crippen LogP contribution in [0.3, 0.4) is 0 Å². The van der Waals surface area contributed by atoms with Gasteiger partial charge in [0.05, 0.1) is 5.92 Å². The van der Waals surface area contributed by atoms with E-state index in [0.717, 1.165) is 13.0 Å². The van der Waals surface area contributed by atoms with Crippen LogP contribution < -0.4 is 11.1 Å². The first kappa shape index (κ1) is 15.7. The van der Waals surface area contributed by atoms with Crippen molar-refractivity contribution in [1.82, 2.24) is 10.2 Å². The highest BCUT2D eigenvalue weighted by atomic mass is 16.4. The number of carbonyl (C=O) groups excluding carboxylic acids is 1. The van der Waals surface area contributed by atoms with Crippen LogP contribution in [-0.2, 0) is 4.79 Å². The maximum Gasteiger partial charge on any atom is 0.231 e. The molecule has 0 aromatic carbocycles. The van der Waals surface area contributed by atoms with Crippen LogP contribution in [0.25, 0.3) is 0 Å². The third-order valence-electron chi connectivity index (χ3n) is 2.39. The quantitative estimate of drug-likeness (QED) is 0.258. The SMILES string of the molecule is CCCC(C(=O)NC(C)CN(C)C)C(N)=NO. The lowest BCUT2D eigenvalue weighted by Gasteiger charge is -2.21. The molecule has 4 N–H and O–H groups in total. The van der Waals surface area contributed by atoms with Crippen molar-refractivity contribution in [3.05, 3.63) is 0 Å². The van der Waals surface area contributed by atoms with E-state index >= 15 is 0 Å². The van der Waals surface area contributed by atoms with Gasteiger partial charge in [-0.15, -0.1) is 0 Å². The van der Waals surface area contributed by atoms with E-state index in [2.05, 4.69) is 10.5 Å². The van der Waals surface area contributed by atoms with Crippen LogP contribution in [0.1, 0.15) is 26.7 Å². The number of rotatable bonds is 7. The largest absolute Gasteiger partial charge is 0.409 e. The Morgan fingerprint density at radius 3 is 2.53 bits per heavy atom. The van der Waals surface area contributed by atoms with Gasteiger partial charge in [-0.2, -0.15) is 0 Å². The molecule has 6 heteroatoms. The lowest BCUT2D eigenvalue weighted by molar-refractivity contribution is -0.123. The summed E-state index contributed by atoms with van der Waals surface area (Å²) in [5, 5.41) is 14.4. The summed E-state index contributed by atoms with van der Waals surface area (Å²) in [4.78, 5) is 13.9. The molecular weight excluding hydrogens is 220 g/mol. The number of likely N-dealkylation sites (N-methyl/N-ethyl adjacent to an activating group) is 1. The van der Waals surface area contributed by atoms with Crippen molar-refractivity contribution in [3.8, 4) is 0 Å². The van der Waals surface area contributed by atoms with E-state index in [9.17, 15) is 4.79 Å². The van der Waals surface area contributed by atoms with Gasteiger partial charge in [-0.25, -0.2) is 0 Å². The Labute approximate surface area is 103 Å². The van der Waals surface area contributed by atoms with Crippen LogP contribution in [0.15, 0.2) is 5.16 Å². The van der Waals surface area contributed by atoms with Gasteiger partial charge in [0.25, 0.3) is 0 Å². The van der Waals surface area contributed by atoms with Gasteiger partial charge in [0, 0.05) is 12.6 Å². The minimum Gasteiger partial charge on any atom is -0.409 e. The average molecular weight is 244 g/mol. The molecule has 0 aliphatic carbocycles. The van der Waals surface area contributed by atoms with Crippen molar-refractivity contribution in [2.45, 2.75) is 32.7 Å². The fourth-order valence-electron chi connectivity index (χ4n) is 1.71. The van der Waals surface area contributed by atoms with Crippen molar-refractivity contribution < 1.29 is 10.0 Å². The first-order chi connectivity index (χ1) is 7.92. The van der Waals surface area contributed by atoms with E-state index in [0.29, 0.717) is 6.42 Å². The Hall–Kier alpha value is -1.30. The van der Waals surface area contributed by atoms with Crippen LogP contribution >= 0.6 is 0 Å². The summed E-state index contributed by atoms with van der Waals surface area (Å²) in [5.41, 5.74) is 5.51. The number of oxime groups is 1. The van der Waals surface area contributed by atoms with Crippen LogP contribution in [0.4, 0.5) is 0 Å². The topological polar surface area (TPSA) is 91.0 Å². The standard InChI is InChI=1S/C11H24N4O2/c1-5-6-9(10(12)14-17)11(16)13-8(2)7-15(3)4/h8-9,17H,5-7H2,1-4H3,(H2,12,14)(H,13,16). The number of nitrogens with two attached hydrogens (primary N) is 1. The molecule has 0 saturated heterocycles. The smallest absolute Gasteiger partial charge is 0.231 e. The van der Waals surface area contributed by atoms with Gasteiger partial charge < -0.3 is 21.2 Å². The highest BCUT2D eigenvalue weighted by molar-refractivity contribution is 6.02. The second-order valence-corrected chi connectivity index (χ2v) is 4.54. The molecule has 0 saturated carbocycles. The molecule has 1 amide bonds. The monoisotopic (exact) mass is 244 g/mol. The third kappa shape index (κ3) is 6.11. The number of nitrogens with one attached hydrogen (secondary N) is 1. The molecule has 0 fully saturated rings. The molecule has 0 spiro atoms. The molecule has 0 aromatic rings. The highest BCUT2D eigenvalue weighted by Crippen LogP contribution is 2.07. The van der Waals surface area contributed by atoms with Gasteiger partial charge in [0.1, 0.15) is 0 Å². The van der Waals surface area contributed by atoms with Crippen molar-refractivity contribution in [2.24, 2.45) is 16.8 Å². The van der Waals surface area contributed by atoms with Gasteiger partial charge in [-0.05, 0) is 27.4 Å². The molecule has 0 heterocycles. The molecule has 0 bridgehead atoms. The molecule has 2 atom stereocenters. The Morgan fingerprint density at radius 1 is 1.53 bits per heavy atom. The van der Waals surface area contributed by atoms with Crippen LogP contribution in [0.2, 0.25) is 0 Å². The number of nitrogens with zero attached hydrogens (tertiary/aromatic N) is 2. The van der Waals surface area contributed by atoms with Gasteiger partial charge in [-0.1, -0.05) is 18.5 Å². The molecule has 2 unspecified atom stereocenters. The first-order valence-electron chi connectivity index (χ1n) is 5.84. The van der Waals surface area contributed by atoms with Gasteiger partial charge in [0.2, 0.25) is 5.91 Å². The summed E-state index contributed by atoms with van der Waals surface area (Å²) in [6.45, 7) is 4.63. The van der Waals surface area contributed by atoms with E-state index in [1.54, 1.807) is 0 Å². The molecule has 0 aliphatic heterocycles. The maximum atomic E-state index is 11.9. The molecule has 0 rings (SSSR count). The minimum atomic E-state index is -0.547. The van der Waals surface area contributed by atoms with Crippen molar-refractivity contribution in [3.63, 3.8) is 0 Å². The predicted octanol–water partition coefficient (Wildman–Crippen LogP) is 0.215. The molecule has 100 valence electrons. The van der Waals surface area contributed by atoms with Crippen molar-refractivity contribution in [1.29, 1.82) is 0 Å². The van der Waals surface area contributed by atoms with Crippen LogP contribution in [-0.4, -0.2) is 48.5 Å². The summed E-state index contributed by atoms with van der Waals surface area (Å²) >= 11 is 0. The summed E-state index contributed by atoms with van der Waals surface area (Å²) < 4.78 is 0.